The second-order valence-electron chi connectivity index (χ2n) is 5.48. The van der Waals surface area contributed by atoms with Crippen molar-refractivity contribution in [3.8, 4) is 11.5 Å². The highest BCUT2D eigenvalue weighted by Gasteiger charge is 2.06. The van der Waals surface area contributed by atoms with Crippen LogP contribution < -0.4 is 14.8 Å². The number of carbonyl (C=O) groups excluding carboxylic acids is 1. The Balaban J connectivity index is 2.26. The summed E-state index contributed by atoms with van der Waals surface area (Å²) in [5.74, 6) is 1.50. The number of nitrogens with one attached hydrogen (secondary N) is 1. The highest BCUT2D eigenvalue weighted by molar-refractivity contribution is 5.75. The van der Waals surface area contributed by atoms with E-state index in [0.29, 0.717) is 24.5 Å². The number of hydrogen-bond acceptors (Lipinski definition) is 3. The fraction of sp³-hybridized carbons (Fsp3) is 0.611. The van der Waals surface area contributed by atoms with Crippen molar-refractivity contribution in [2.45, 2.75) is 58.4 Å². The highest BCUT2D eigenvalue weighted by Crippen LogP contribution is 2.27. The van der Waals surface area contributed by atoms with Crippen LogP contribution in [0.1, 0.15) is 57.4 Å². The molecule has 1 amide bonds. The molecular weight excluding hydrogens is 278 g/mol. The number of methoxy groups -OCH3 is 2. The Kier molecular flexibility index (Phi) is 9.12. The summed E-state index contributed by atoms with van der Waals surface area (Å²) in [7, 11) is 3.22. The van der Waals surface area contributed by atoms with Gasteiger partial charge in [-0.2, -0.15) is 0 Å². The van der Waals surface area contributed by atoms with Gasteiger partial charge in [-0.05, 0) is 24.1 Å². The van der Waals surface area contributed by atoms with E-state index in [1.54, 1.807) is 14.2 Å². The lowest BCUT2D eigenvalue weighted by Crippen LogP contribution is -2.22. The highest BCUT2D eigenvalue weighted by atomic mass is 16.5. The molecule has 124 valence electrons. The summed E-state index contributed by atoms with van der Waals surface area (Å²) < 4.78 is 10.5. The molecule has 0 bridgehead atoms. The van der Waals surface area contributed by atoms with Crippen LogP contribution in [0, 0.1) is 0 Å². The van der Waals surface area contributed by atoms with Gasteiger partial charge in [0, 0.05) is 13.0 Å². The molecule has 1 aromatic carbocycles. The zero-order valence-corrected chi connectivity index (χ0v) is 14.1. The molecule has 0 saturated heterocycles. The van der Waals surface area contributed by atoms with Crippen LogP contribution in [-0.2, 0) is 11.3 Å². The maximum absolute atomic E-state index is 11.8. The Hall–Kier alpha value is -1.71. The van der Waals surface area contributed by atoms with Crippen molar-refractivity contribution in [1.29, 1.82) is 0 Å². The molecule has 1 N–H and O–H groups in total. The van der Waals surface area contributed by atoms with Gasteiger partial charge in [0.05, 0.1) is 14.2 Å². The molecule has 0 unspecified atom stereocenters. The number of unbranched alkanes of at least 4 members (excludes halogenated alkanes) is 5. The number of carbonyl (C=O) groups is 1. The molecule has 0 spiro atoms. The minimum atomic E-state index is 0.116. The lowest BCUT2D eigenvalue weighted by Gasteiger charge is -2.10. The van der Waals surface area contributed by atoms with Crippen LogP contribution in [0.3, 0.4) is 0 Å². The second kappa shape index (κ2) is 10.9. The van der Waals surface area contributed by atoms with E-state index in [1.165, 1.54) is 25.7 Å². The Morgan fingerprint density at radius 2 is 1.68 bits per heavy atom. The van der Waals surface area contributed by atoms with E-state index < -0.39 is 0 Å². The van der Waals surface area contributed by atoms with Gasteiger partial charge in [-0.1, -0.05) is 45.1 Å². The largest absolute Gasteiger partial charge is 0.493 e. The summed E-state index contributed by atoms with van der Waals surface area (Å²) in [5.41, 5.74) is 1.01. The molecule has 0 aliphatic rings. The molecule has 4 heteroatoms. The van der Waals surface area contributed by atoms with Crippen molar-refractivity contribution in [2.24, 2.45) is 0 Å². The van der Waals surface area contributed by atoms with E-state index in [0.717, 1.165) is 18.4 Å². The van der Waals surface area contributed by atoms with Gasteiger partial charge in [-0.3, -0.25) is 4.79 Å². The third-order valence-electron chi connectivity index (χ3n) is 3.70. The fourth-order valence-electron chi connectivity index (χ4n) is 2.35. The van der Waals surface area contributed by atoms with Gasteiger partial charge in [0.2, 0.25) is 5.91 Å². The van der Waals surface area contributed by atoms with Gasteiger partial charge in [-0.25, -0.2) is 0 Å². The number of benzene rings is 1. The van der Waals surface area contributed by atoms with Gasteiger partial charge < -0.3 is 14.8 Å². The first-order chi connectivity index (χ1) is 10.7. The van der Waals surface area contributed by atoms with Crippen LogP contribution in [0.5, 0.6) is 11.5 Å². The van der Waals surface area contributed by atoms with Crippen LogP contribution in [0.25, 0.3) is 0 Å². The van der Waals surface area contributed by atoms with Crippen LogP contribution >= 0.6 is 0 Å². The fourth-order valence-corrected chi connectivity index (χ4v) is 2.35. The molecular formula is C18H29NO3. The standard InChI is InChI=1S/C18H29NO3/c1-4-5-6-7-8-9-10-18(20)19-14-15-11-12-16(21-2)17(13-15)22-3/h11-13H,4-10,14H2,1-3H3,(H,19,20). The Morgan fingerprint density at radius 3 is 2.36 bits per heavy atom. The van der Waals surface area contributed by atoms with Crippen molar-refractivity contribution in [3.05, 3.63) is 23.8 Å². The minimum absolute atomic E-state index is 0.116. The van der Waals surface area contributed by atoms with Crippen molar-refractivity contribution in [3.63, 3.8) is 0 Å². The number of hydrogen-bond donors (Lipinski definition) is 1. The average Bonchev–Trinajstić information content (AvgIpc) is 2.55. The molecule has 0 heterocycles. The predicted octanol–water partition coefficient (Wildman–Crippen LogP) is 4.07. The quantitative estimate of drug-likeness (QED) is 0.627. The lowest BCUT2D eigenvalue weighted by atomic mass is 10.1. The monoisotopic (exact) mass is 307 g/mol. The van der Waals surface area contributed by atoms with Crippen molar-refractivity contribution >= 4 is 5.91 Å². The first-order valence-corrected chi connectivity index (χ1v) is 8.18. The smallest absolute Gasteiger partial charge is 0.220 e. The van der Waals surface area contributed by atoms with E-state index in [9.17, 15) is 4.79 Å². The van der Waals surface area contributed by atoms with Gasteiger partial charge in [-0.15, -0.1) is 0 Å². The number of ether oxygens (including phenoxy) is 2. The van der Waals surface area contributed by atoms with Crippen molar-refractivity contribution in [2.75, 3.05) is 14.2 Å². The molecule has 0 aliphatic carbocycles. The van der Waals surface area contributed by atoms with E-state index >= 15 is 0 Å². The van der Waals surface area contributed by atoms with Crippen molar-refractivity contribution < 1.29 is 14.3 Å². The molecule has 0 atom stereocenters. The average molecular weight is 307 g/mol. The Labute approximate surface area is 134 Å². The van der Waals surface area contributed by atoms with Gasteiger partial charge in [0.1, 0.15) is 0 Å². The summed E-state index contributed by atoms with van der Waals surface area (Å²) in [6.45, 7) is 2.73. The molecule has 0 aromatic heterocycles. The summed E-state index contributed by atoms with van der Waals surface area (Å²) in [5, 5.41) is 2.95. The van der Waals surface area contributed by atoms with Gasteiger partial charge in [0.15, 0.2) is 11.5 Å². The lowest BCUT2D eigenvalue weighted by molar-refractivity contribution is -0.121. The number of amides is 1. The first-order valence-electron chi connectivity index (χ1n) is 8.18. The topological polar surface area (TPSA) is 47.6 Å². The normalized spacial score (nSPS) is 10.3. The van der Waals surface area contributed by atoms with E-state index in [1.807, 2.05) is 18.2 Å². The third kappa shape index (κ3) is 6.83. The summed E-state index contributed by atoms with van der Waals surface area (Å²) in [6, 6.07) is 5.68. The predicted molar refractivity (Wildman–Crippen MR) is 89.4 cm³/mol. The zero-order chi connectivity index (χ0) is 16.2. The number of rotatable bonds is 11. The first kappa shape index (κ1) is 18.3. The molecule has 0 aliphatic heterocycles. The molecule has 4 nitrogen and oxygen atoms in total. The summed E-state index contributed by atoms with van der Waals surface area (Å²) in [6.07, 6.45) is 7.79. The maximum atomic E-state index is 11.8. The van der Waals surface area contributed by atoms with Gasteiger partial charge in [0.25, 0.3) is 0 Å². The molecule has 1 aromatic rings. The molecule has 1 rings (SSSR count). The summed E-state index contributed by atoms with van der Waals surface area (Å²) in [4.78, 5) is 11.8. The van der Waals surface area contributed by atoms with E-state index in [4.69, 9.17) is 9.47 Å². The van der Waals surface area contributed by atoms with Crippen LogP contribution in [0.4, 0.5) is 0 Å². The summed E-state index contributed by atoms with van der Waals surface area (Å²) >= 11 is 0. The van der Waals surface area contributed by atoms with Gasteiger partial charge >= 0.3 is 0 Å². The van der Waals surface area contributed by atoms with Crippen LogP contribution in [0.2, 0.25) is 0 Å². The van der Waals surface area contributed by atoms with Crippen LogP contribution in [0.15, 0.2) is 18.2 Å². The molecule has 22 heavy (non-hydrogen) atoms. The molecule has 0 saturated carbocycles. The minimum Gasteiger partial charge on any atom is -0.493 e. The van der Waals surface area contributed by atoms with Crippen LogP contribution in [-0.4, -0.2) is 20.1 Å². The Morgan fingerprint density at radius 1 is 1.00 bits per heavy atom. The molecule has 0 radical (unpaired) electrons. The second-order valence-corrected chi connectivity index (χ2v) is 5.48. The zero-order valence-electron chi connectivity index (χ0n) is 14.1. The van der Waals surface area contributed by atoms with E-state index in [2.05, 4.69) is 12.2 Å². The molecule has 0 fully saturated rings. The maximum Gasteiger partial charge on any atom is 0.220 e. The third-order valence-corrected chi connectivity index (χ3v) is 3.70. The van der Waals surface area contributed by atoms with E-state index in [-0.39, 0.29) is 5.91 Å². The van der Waals surface area contributed by atoms with Crippen molar-refractivity contribution in [1.82, 2.24) is 5.32 Å². The Bertz CT molecular complexity index is 446. The SMILES string of the molecule is CCCCCCCCC(=O)NCc1ccc(OC)c(OC)c1.